The highest BCUT2D eigenvalue weighted by atomic mass is 35.5. The molecule has 2 aromatic carbocycles. The number of carbonyl (C=O) groups is 1. The van der Waals surface area contributed by atoms with Crippen molar-refractivity contribution in [1.29, 1.82) is 0 Å². The normalized spacial score (nSPS) is 11.1. The van der Waals surface area contributed by atoms with Gasteiger partial charge in [-0.2, -0.15) is 0 Å². The molecule has 0 atom stereocenters. The van der Waals surface area contributed by atoms with Crippen molar-refractivity contribution in [3.8, 4) is 0 Å². The number of fused-ring (bicyclic) bond motifs is 1. The lowest BCUT2D eigenvalue weighted by Crippen LogP contribution is -2.18. The molecule has 6 nitrogen and oxygen atoms in total. The van der Waals surface area contributed by atoms with Crippen LogP contribution in [0.3, 0.4) is 0 Å². The molecule has 0 aliphatic rings. The van der Waals surface area contributed by atoms with Crippen molar-refractivity contribution in [3.63, 3.8) is 0 Å². The summed E-state index contributed by atoms with van der Waals surface area (Å²) in [5.41, 5.74) is 2.17. The summed E-state index contributed by atoms with van der Waals surface area (Å²) in [5.74, 6) is -0.201. The third-order valence-corrected chi connectivity index (χ3v) is 3.89. The Morgan fingerprint density at radius 3 is 2.64 bits per heavy atom. The zero-order valence-electron chi connectivity index (χ0n) is 13.1. The Labute approximate surface area is 148 Å². The molecule has 0 aliphatic heterocycles. The molecule has 1 heterocycles. The number of benzene rings is 2. The minimum absolute atomic E-state index is 0.0927. The Balaban J connectivity index is 1.84. The van der Waals surface area contributed by atoms with Crippen LogP contribution in [0.5, 0.6) is 0 Å². The first-order valence-corrected chi connectivity index (χ1v) is 7.86. The summed E-state index contributed by atoms with van der Waals surface area (Å²) in [6.45, 7) is 0.0927. The van der Waals surface area contributed by atoms with Crippen LogP contribution in [0.25, 0.3) is 17.0 Å². The molecule has 0 fully saturated rings. The van der Waals surface area contributed by atoms with Crippen molar-refractivity contribution in [3.05, 3.63) is 81.6 Å². The second kappa shape index (κ2) is 7.19. The molecule has 0 bridgehead atoms. The number of nitrogens with one attached hydrogen (secondary N) is 1. The highest BCUT2D eigenvalue weighted by Crippen LogP contribution is 2.23. The van der Waals surface area contributed by atoms with E-state index in [1.165, 1.54) is 6.08 Å². The average Bonchev–Trinajstić information content (AvgIpc) is 2.93. The molecule has 0 radical (unpaired) electrons. The predicted molar refractivity (Wildman–Crippen MR) is 98.0 cm³/mol. The summed E-state index contributed by atoms with van der Waals surface area (Å²) >= 11 is 5.83. The van der Waals surface area contributed by atoms with Crippen molar-refractivity contribution >= 4 is 40.2 Å². The standard InChI is InChI=1S/C18H14ClN3O3/c19-14-5-7-15(8-6-14)20-18(23)12-21-11-13(9-10-22(24)25)16-3-1-2-4-17(16)21/h1-11H,12H2,(H,20,23)/b10-9+. The number of nitro groups is 1. The lowest BCUT2D eigenvalue weighted by Gasteiger charge is -2.07. The summed E-state index contributed by atoms with van der Waals surface area (Å²) in [6, 6.07) is 14.3. The zero-order valence-corrected chi connectivity index (χ0v) is 13.8. The van der Waals surface area contributed by atoms with Gasteiger partial charge in [0.15, 0.2) is 0 Å². The van der Waals surface area contributed by atoms with Gasteiger partial charge in [-0.1, -0.05) is 29.8 Å². The van der Waals surface area contributed by atoms with E-state index in [2.05, 4.69) is 5.32 Å². The highest BCUT2D eigenvalue weighted by molar-refractivity contribution is 6.30. The molecule has 0 saturated carbocycles. The molecule has 3 aromatic rings. The van der Waals surface area contributed by atoms with Crippen molar-refractivity contribution in [1.82, 2.24) is 4.57 Å². The third-order valence-electron chi connectivity index (χ3n) is 3.64. The van der Waals surface area contributed by atoms with E-state index in [0.29, 0.717) is 16.3 Å². The first-order chi connectivity index (χ1) is 12.0. The maximum absolute atomic E-state index is 12.3. The van der Waals surface area contributed by atoms with Gasteiger partial charge in [-0.05, 0) is 30.3 Å². The number of hydrogen-bond donors (Lipinski definition) is 1. The molecule has 25 heavy (non-hydrogen) atoms. The Morgan fingerprint density at radius 2 is 1.92 bits per heavy atom. The number of amides is 1. The lowest BCUT2D eigenvalue weighted by molar-refractivity contribution is -0.400. The van der Waals surface area contributed by atoms with Crippen LogP contribution in [0.15, 0.2) is 60.9 Å². The van der Waals surface area contributed by atoms with E-state index < -0.39 is 4.92 Å². The van der Waals surface area contributed by atoms with E-state index in [-0.39, 0.29) is 12.5 Å². The number of nitrogens with zero attached hydrogens (tertiary/aromatic N) is 2. The van der Waals surface area contributed by atoms with E-state index >= 15 is 0 Å². The van der Waals surface area contributed by atoms with Gasteiger partial charge >= 0.3 is 0 Å². The van der Waals surface area contributed by atoms with E-state index in [1.807, 2.05) is 24.3 Å². The third kappa shape index (κ3) is 4.05. The average molecular weight is 356 g/mol. The van der Waals surface area contributed by atoms with E-state index in [4.69, 9.17) is 11.6 Å². The monoisotopic (exact) mass is 355 g/mol. The van der Waals surface area contributed by atoms with Gasteiger partial charge in [0.25, 0.3) is 0 Å². The Morgan fingerprint density at radius 1 is 1.20 bits per heavy atom. The Kier molecular flexibility index (Phi) is 4.81. The van der Waals surface area contributed by atoms with Crippen LogP contribution in [-0.2, 0) is 11.3 Å². The van der Waals surface area contributed by atoms with Gasteiger partial charge in [-0.3, -0.25) is 14.9 Å². The lowest BCUT2D eigenvalue weighted by atomic mass is 10.2. The predicted octanol–water partition coefficient (Wildman–Crippen LogP) is 4.18. The van der Waals surface area contributed by atoms with Crippen LogP contribution >= 0.6 is 11.6 Å². The van der Waals surface area contributed by atoms with Crippen LogP contribution in [0.2, 0.25) is 5.02 Å². The SMILES string of the molecule is O=C(Cn1cc(/C=C/[N+](=O)[O-])c2ccccc21)Nc1ccc(Cl)cc1. The second-order valence-corrected chi connectivity index (χ2v) is 5.82. The topological polar surface area (TPSA) is 77.2 Å². The van der Waals surface area contributed by atoms with Gasteiger partial charge in [-0.25, -0.2) is 0 Å². The van der Waals surface area contributed by atoms with Gasteiger partial charge in [0, 0.05) is 39.4 Å². The van der Waals surface area contributed by atoms with Crippen LogP contribution in [0.1, 0.15) is 5.56 Å². The number of anilines is 1. The van der Waals surface area contributed by atoms with E-state index in [9.17, 15) is 14.9 Å². The number of hydrogen-bond acceptors (Lipinski definition) is 3. The molecular formula is C18H14ClN3O3. The van der Waals surface area contributed by atoms with E-state index in [0.717, 1.165) is 17.1 Å². The van der Waals surface area contributed by atoms with Crippen molar-refractivity contribution in [2.24, 2.45) is 0 Å². The molecule has 1 N–H and O–H groups in total. The minimum atomic E-state index is -0.515. The maximum atomic E-state index is 12.3. The Hall–Kier alpha value is -3.12. The van der Waals surface area contributed by atoms with E-state index in [1.54, 1.807) is 35.0 Å². The Bertz CT molecular complexity index is 961. The molecule has 1 aromatic heterocycles. The fraction of sp³-hybridized carbons (Fsp3) is 0.0556. The number of rotatable bonds is 5. The quantitative estimate of drug-likeness (QED) is 0.551. The molecule has 0 unspecified atom stereocenters. The molecule has 1 amide bonds. The van der Waals surface area contributed by atoms with Crippen LogP contribution in [0, 0.1) is 10.1 Å². The summed E-state index contributed by atoms with van der Waals surface area (Å²) < 4.78 is 1.76. The maximum Gasteiger partial charge on any atom is 0.244 e. The van der Waals surface area contributed by atoms with Gasteiger partial charge in [0.1, 0.15) is 6.54 Å². The molecule has 0 saturated heterocycles. The van der Waals surface area contributed by atoms with Gasteiger partial charge in [0.05, 0.1) is 4.92 Å². The first kappa shape index (κ1) is 16.7. The number of carbonyl (C=O) groups excluding carboxylic acids is 1. The molecule has 0 spiro atoms. The smallest absolute Gasteiger partial charge is 0.244 e. The van der Waals surface area contributed by atoms with Crippen LogP contribution in [-0.4, -0.2) is 15.4 Å². The molecular weight excluding hydrogens is 342 g/mol. The summed E-state index contributed by atoms with van der Waals surface area (Å²) in [7, 11) is 0. The number of aromatic nitrogens is 1. The number of para-hydroxylation sites is 1. The molecule has 7 heteroatoms. The van der Waals surface area contributed by atoms with Crippen molar-refractivity contribution in [2.45, 2.75) is 6.54 Å². The first-order valence-electron chi connectivity index (χ1n) is 7.48. The fourth-order valence-electron chi connectivity index (χ4n) is 2.57. The molecule has 126 valence electrons. The van der Waals surface area contributed by atoms with Crippen LogP contribution in [0.4, 0.5) is 5.69 Å². The zero-order chi connectivity index (χ0) is 17.8. The fourth-order valence-corrected chi connectivity index (χ4v) is 2.69. The summed E-state index contributed by atoms with van der Waals surface area (Å²) in [6.07, 6.45) is 4.04. The molecule has 3 rings (SSSR count). The van der Waals surface area contributed by atoms with Crippen molar-refractivity contribution < 1.29 is 9.72 Å². The molecule has 0 aliphatic carbocycles. The van der Waals surface area contributed by atoms with Crippen LogP contribution < -0.4 is 5.32 Å². The largest absolute Gasteiger partial charge is 0.337 e. The van der Waals surface area contributed by atoms with Gasteiger partial charge in [-0.15, -0.1) is 0 Å². The van der Waals surface area contributed by atoms with Gasteiger partial charge in [0.2, 0.25) is 12.1 Å². The van der Waals surface area contributed by atoms with Crippen molar-refractivity contribution in [2.75, 3.05) is 5.32 Å². The minimum Gasteiger partial charge on any atom is -0.337 e. The highest BCUT2D eigenvalue weighted by Gasteiger charge is 2.10. The van der Waals surface area contributed by atoms with Gasteiger partial charge < -0.3 is 9.88 Å². The summed E-state index contributed by atoms with van der Waals surface area (Å²) in [5, 5.41) is 14.8. The summed E-state index contributed by atoms with van der Waals surface area (Å²) in [4.78, 5) is 22.3. The second-order valence-electron chi connectivity index (χ2n) is 5.39. The number of halogens is 1.